The van der Waals surface area contributed by atoms with Crippen molar-refractivity contribution in [3.8, 4) is 5.75 Å². The van der Waals surface area contributed by atoms with Crippen LogP contribution in [0.1, 0.15) is 34.4 Å². The molecule has 2 N–H and O–H groups in total. The van der Waals surface area contributed by atoms with E-state index < -0.39 is 0 Å². The van der Waals surface area contributed by atoms with Gasteiger partial charge < -0.3 is 15.0 Å². The molecule has 0 spiro atoms. The van der Waals surface area contributed by atoms with Crippen LogP contribution < -0.4 is 10.1 Å². The van der Waals surface area contributed by atoms with Gasteiger partial charge in [-0.3, -0.25) is 4.79 Å². The van der Waals surface area contributed by atoms with E-state index in [1.54, 1.807) is 6.07 Å². The van der Waals surface area contributed by atoms with Crippen LogP contribution in [0.15, 0.2) is 30.3 Å². The summed E-state index contributed by atoms with van der Waals surface area (Å²) in [6.07, 6.45) is 4.05. The van der Waals surface area contributed by atoms with Crippen molar-refractivity contribution in [2.24, 2.45) is 0 Å². The third-order valence-corrected chi connectivity index (χ3v) is 5.57. The number of aromatic amines is 1. The minimum atomic E-state index is -0.248. The fraction of sp³-hybridized carbons (Fsp3) is 0.348. The van der Waals surface area contributed by atoms with E-state index in [0.29, 0.717) is 18.5 Å². The molecule has 0 atom stereocenters. The summed E-state index contributed by atoms with van der Waals surface area (Å²) in [6, 6.07) is 9.34. The van der Waals surface area contributed by atoms with E-state index in [1.165, 1.54) is 23.6 Å². The quantitative estimate of drug-likeness (QED) is 0.675. The van der Waals surface area contributed by atoms with Crippen LogP contribution in [0, 0.1) is 19.7 Å². The molecule has 0 saturated carbocycles. The van der Waals surface area contributed by atoms with Crippen LogP contribution in [0.2, 0.25) is 0 Å². The van der Waals surface area contributed by atoms with Crippen LogP contribution in [0.25, 0.3) is 10.9 Å². The molecule has 0 fully saturated rings. The SMILES string of the molecule is Cc1[nH]c2c(F)ccc(C)c2c1CCNC(=O)COc1ccc2c(c1)CCC2. The molecular weight excluding hydrogens is 355 g/mol. The van der Waals surface area contributed by atoms with Crippen molar-refractivity contribution in [2.75, 3.05) is 13.2 Å². The first-order valence-corrected chi connectivity index (χ1v) is 9.80. The average molecular weight is 380 g/mol. The smallest absolute Gasteiger partial charge is 0.257 e. The molecule has 0 aliphatic heterocycles. The number of carbonyl (C=O) groups is 1. The second kappa shape index (κ2) is 7.66. The highest BCUT2D eigenvalue weighted by atomic mass is 19.1. The van der Waals surface area contributed by atoms with E-state index in [0.717, 1.165) is 40.8 Å². The summed E-state index contributed by atoms with van der Waals surface area (Å²) in [5.41, 5.74) is 6.27. The summed E-state index contributed by atoms with van der Waals surface area (Å²) < 4.78 is 19.7. The molecule has 0 radical (unpaired) electrons. The normalized spacial score (nSPS) is 13.0. The van der Waals surface area contributed by atoms with Gasteiger partial charge in [-0.1, -0.05) is 12.1 Å². The minimum absolute atomic E-state index is 0.000685. The number of aromatic nitrogens is 1. The number of fused-ring (bicyclic) bond motifs is 2. The van der Waals surface area contributed by atoms with Crippen LogP contribution >= 0.6 is 0 Å². The number of hydrogen-bond donors (Lipinski definition) is 2. The molecule has 28 heavy (non-hydrogen) atoms. The number of aryl methyl sites for hydroxylation is 4. The lowest BCUT2D eigenvalue weighted by molar-refractivity contribution is -0.123. The first-order chi connectivity index (χ1) is 13.5. The van der Waals surface area contributed by atoms with E-state index in [-0.39, 0.29) is 18.3 Å². The van der Waals surface area contributed by atoms with Crippen LogP contribution in [-0.2, 0) is 24.1 Å². The number of halogens is 1. The summed E-state index contributed by atoms with van der Waals surface area (Å²) in [7, 11) is 0. The molecule has 3 aromatic rings. The van der Waals surface area contributed by atoms with E-state index in [9.17, 15) is 9.18 Å². The predicted octanol–water partition coefficient (Wildman–Crippen LogP) is 4.15. The Bertz CT molecular complexity index is 1040. The van der Waals surface area contributed by atoms with Crippen molar-refractivity contribution in [1.82, 2.24) is 10.3 Å². The van der Waals surface area contributed by atoms with Crippen molar-refractivity contribution >= 4 is 16.8 Å². The van der Waals surface area contributed by atoms with Crippen LogP contribution in [0.4, 0.5) is 4.39 Å². The first kappa shape index (κ1) is 18.5. The number of nitrogens with one attached hydrogen (secondary N) is 2. The number of carbonyl (C=O) groups excluding carboxylic acids is 1. The zero-order valence-corrected chi connectivity index (χ0v) is 16.3. The lowest BCUT2D eigenvalue weighted by Crippen LogP contribution is -2.30. The van der Waals surface area contributed by atoms with Gasteiger partial charge in [0.2, 0.25) is 0 Å². The Balaban J connectivity index is 1.33. The molecule has 0 unspecified atom stereocenters. The van der Waals surface area contributed by atoms with Gasteiger partial charge >= 0.3 is 0 Å². The summed E-state index contributed by atoms with van der Waals surface area (Å²) in [4.78, 5) is 15.3. The van der Waals surface area contributed by atoms with E-state index in [4.69, 9.17) is 4.74 Å². The maximum Gasteiger partial charge on any atom is 0.257 e. The van der Waals surface area contributed by atoms with Crippen molar-refractivity contribution in [2.45, 2.75) is 39.5 Å². The molecule has 2 aromatic carbocycles. The second-order valence-electron chi connectivity index (χ2n) is 7.52. The number of amides is 1. The summed E-state index contributed by atoms with van der Waals surface area (Å²) in [6.45, 7) is 4.39. The van der Waals surface area contributed by atoms with Gasteiger partial charge in [-0.25, -0.2) is 4.39 Å². The predicted molar refractivity (Wildman–Crippen MR) is 108 cm³/mol. The molecule has 4 nitrogen and oxygen atoms in total. The van der Waals surface area contributed by atoms with Crippen molar-refractivity contribution in [3.63, 3.8) is 0 Å². The monoisotopic (exact) mass is 380 g/mol. The molecule has 1 amide bonds. The molecule has 0 bridgehead atoms. The Labute approximate surface area is 164 Å². The second-order valence-corrected chi connectivity index (χ2v) is 7.52. The Morgan fingerprint density at radius 3 is 2.86 bits per heavy atom. The van der Waals surface area contributed by atoms with Crippen molar-refractivity contribution in [3.05, 3.63) is 64.1 Å². The maximum absolute atomic E-state index is 14.0. The Morgan fingerprint density at radius 2 is 2.00 bits per heavy atom. The fourth-order valence-electron chi connectivity index (χ4n) is 4.12. The number of H-pyrrole nitrogens is 1. The molecule has 1 aromatic heterocycles. The maximum atomic E-state index is 14.0. The third-order valence-electron chi connectivity index (χ3n) is 5.57. The van der Waals surface area contributed by atoms with Gasteiger partial charge in [0.25, 0.3) is 5.91 Å². The molecule has 1 aliphatic carbocycles. The van der Waals surface area contributed by atoms with Crippen LogP contribution in [0.5, 0.6) is 5.75 Å². The lowest BCUT2D eigenvalue weighted by Gasteiger charge is -2.09. The van der Waals surface area contributed by atoms with E-state index in [1.807, 2.05) is 26.0 Å². The number of ether oxygens (including phenoxy) is 1. The Morgan fingerprint density at radius 1 is 1.18 bits per heavy atom. The van der Waals surface area contributed by atoms with Crippen LogP contribution in [-0.4, -0.2) is 24.0 Å². The zero-order chi connectivity index (χ0) is 19.7. The minimum Gasteiger partial charge on any atom is -0.484 e. The van der Waals surface area contributed by atoms with Gasteiger partial charge in [0, 0.05) is 17.6 Å². The molecule has 1 aliphatic rings. The van der Waals surface area contributed by atoms with Gasteiger partial charge in [0.1, 0.15) is 11.6 Å². The lowest BCUT2D eigenvalue weighted by atomic mass is 10.0. The fourth-order valence-corrected chi connectivity index (χ4v) is 4.12. The number of benzene rings is 2. The molecule has 146 valence electrons. The van der Waals surface area contributed by atoms with Gasteiger partial charge in [0.05, 0.1) is 5.52 Å². The third kappa shape index (κ3) is 3.61. The largest absolute Gasteiger partial charge is 0.484 e. The summed E-state index contributed by atoms with van der Waals surface area (Å²) in [5.74, 6) is 0.344. The van der Waals surface area contributed by atoms with E-state index >= 15 is 0 Å². The highest BCUT2D eigenvalue weighted by molar-refractivity contribution is 5.88. The van der Waals surface area contributed by atoms with Gasteiger partial charge in [-0.05, 0) is 80.0 Å². The topological polar surface area (TPSA) is 54.1 Å². The molecule has 5 heteroatoms. The van der Waals surface area contributed by atoms with Crippen LogP contribution in [0.3, 0.4) is 0 Å². The molecule has 4 rings (SSSR count). The summed E-state index contributed by atoms with van der Waals surface area (Å²) in [5, 5.41) is 3.82. The molecule has 1 heterocycles. The van der Waals surface area contributed by atoms with Crippen molar-refractivity contribution in [1.29, 1.82) is 0 Å². The number of hydrogen-bond acceptors (Lipinski definition) is 2. The Hall–Kier alpha value is -2.82. The molecule has 0 saturated heterocycles. The number of rotatable bonds is 6. The standard InChI is InChI=1S/C23H25FN2O2/c1-14-6-9-20(24)23-22(14)19(15(2)26-23)10-11-25-21(27)13-28-18-8-7-16-4-3-5-17(16)12-18/h6-9,12,26H,3-5,10-11,13H2,1-2H3,(H,25,27). The first-order valence-electron chi connectivity index (χ1n) is 9.80. The zero-order valence-electron chi connectivity index (χ0n) is 16.3. The van der Waals surface area contributed by atoms with Gasteiger partial charge in [-0.2, -0.15) is 0 Å². The van der Waals surface area contributed by atoms with E-state index in [2.05, 4.69) is 16.4 Å². The Kier molecular flexibility index (Phi) is 5.07. The molecular formula is C23H25FN2O2. The summed E-state index contributed by atoms with van der Waals surface area (Å²) >= 11 is 0. The highest BCUT2D eigenvalue weighted by Gasteiger charge is 2.15. The highest BCUT2D eigenvalue weighted by Crippen LogP contribution is 2.28. The van der Waals surface area contributed by atoms with Gasteiger partial charge in [-0.15, -0.1) is 0 Å². The average Bonchev–Trinajstić information content (AvgIpc) is 3.28. The van der Waals surface area contributed by atoms with Gasteiger partial charge in [0.15, 0.2) is 6.61 Å². The van der Waals surface area contributed by atoms with Crippen molar-refractivity contribution < 1.29 is 13.9 Å².